The second-order valence-electron chi connectivity index (χ2n) is 8.65. The highest BCUT2D eigenvalue weighted by Crippen LogP contribution is 2.37. The summed E-state index contributed by atoms with van der Waals surface area (Å²) in [5.74, 6) is -0.0950. The molecule has 1 N–H and O–H groups in total. The smallest absolute Gasteiger partial charge is 0.225 e. The minimum absolute atomic E-state index is 0.0488. The minimum atomic E-state index is -0.245. The van der Waals surface area contributed by atoms with Crippen molar-refractivity contribution in [2.75, 3.05) is 66.1 Å². The first-order valence-corrected chi connectivity index (χ1v) is 11.6. The Hall–Kier alpha value is -1.96. The van der Waals surface area contributed by atoms with Crippen LogP contribution in [-0.4, -0.2) is 92.6 Å². The third kappa shape index (κ3) is 6.28. The highest BCUT2D eigenvalue weighted by atomic mass is 16.5. The summed E-state index contributed by atoms with van der Waals surface area (Å²) in [6.45, 7) is 12.1. The number of rotatable bonds is 9. The number of hydrogen-bond acceptors (Lipinski definition) is 5. The fourth-order valence-electron chi connectivity index (χ4n) is 4.65. The molecule has 2 atom stereocenters. The van der Waals surface area contributed by atoms with Crippen LogP contribution in [0.1, 0.15) is 36.9 Å². The lowest BCUT2D eigenvalue weighted by atomic mass is 9.83. The van der Waals surface area contributed by atoms with E-state index < -0.39 is 0 Å². The number of piperazine rings is 1. The number of nitrogens with zero attached hydrogens (tertiary/aromatic N) is 3. The van der Waals surface area contributed by atoms with Gasteiger partial charge in [0.2, 0.25) is 11.8 Å². The number of likely N-dealkylation sites (tertiary alicyclic amines) is 1. The molecule has 0 spiro atoms. The molecular formula is C24H38N4O3. The first-order chi connectivity index (χ1) is 15.0. The normalized spacial score (nSPS) is 23.2. The fraction of sp³-hybridized carbons (Fsp3) is 0.667. The molecular weight excluding hydrogens is 392 g/mol. The van der Waals surface area contributed by atoms with Gasteiger partial charge in [0.25, 0.3) is 0 Å². The van der Waals surface area contributed by atoms with Gasteiger partial charge in [0.15, 0.2) is 0 Å². The Balaban J connectivity index is 1.64. The Bertz CT molecular complexity index is 716. The van der Waals surface area contributed by atoms with Gasteiger partial charge >= 0.3 is 0 Å². The molecule has 7 heteroatoms. The van der Waals surface area contributed by atoms with Gasteiger partial charge in [-0.1, -0.05) is 36.8 Å². The van der Waals surface area contributed by atoms with E-state index in [0.29, 0.717) is 32.5 Å². The SMILES string of the molecule is CCN1CCN(CCNC(=O)[C@@H]2CCC(=O)N(CCOC)[C@@H]2c2ccc(C)cc2)CC1. The van der Waals surface area contributed by atoms with Gasteiger partial charge in [0.1, 0.15) is 0 Å². The fourth-order valence-corrected chi connectivity index (χ4v) is 4.65. The average Bonchev–Trinajstić information content (AvgIpc) is 2.79. The highest BCUT2D eigenvalue weighted by molar-refractivity contribution is 5.85. The Morgan fingerprint density at radius 1 is 1.10 bits per heavy atom. The van der Waals surface area contributed by atoms with E-state index in [1.165, 1.54) is 5.56 Å². The van der Waals surface area contributed by atoms with E-state index in [1.807, 2.05) is 36.1 Å². The summed E-state index contributed by atoms with van der Waals surface area (Å²) in [6, 6.07) is 7.95. The summed E-state index contributed by atoms with van der Waals surface area (Å²) in [5.41, 5.74) is 2.18. The van der Waals surface area contributed by atoms with Crippen molar-refractivity contribution in [3.8, 4) is 0 Å². The summed E-state index contributed by atoms with van der Waals surface area (Å²) in [7, 11) is 1.64. The number of benzene rings is 1. The van der Waals surface area contributed by atoms with Crippen LogP contribution in [-0.2, 0) is 14.3 Å². The second-order valence-corrected chi connectivity index (χ2v) is 8.65. The highest BCUT2D eigenvalue weighted by Gasteiger charge is 2.40. The zero-order valence-corrected chi connectivity index (χ0v) is 19.3. The van der Waals surface area contributed by atoms with Crippen molar-refractivity contribution < 1.29 is 14.3 Å². The van der Waals surface area contributed by atoms with Gasteiger partial charge in [0, 0.05) is 59.3 Å². The summed E-state index contributed by atoms with van der Waals surface area (Å²) in [4.78, 5) is 32.6. The van der Waals surface area contributed by atoms with Crippen molar-refractivity contribution in [1.29, 1.82) is 0 Å². The maximum atomic E-state index is 13.2. The van der Waals surface area contributed by atoms with Crippen LogP contribution in [0.25, 0.3) is 0 Å². The Kier molecular flexibility index (Phi) is 8.87. The molecule has 2 heterocycles. The van der Waals surface area contributed by atoms with Crippen molar-refractivity contribution in [3.63, 3.8) is 0 Å². The van der Waals surface area contributed by atoms with Gasteiger partial charge in [-0.25, -0.2) is 0 Å². The van der Waals surface area contributed by atoms with Crippen molar-refractivity contribution >= 4 is 11.8 Å². The molecule has 172 valence electrons. The number of carbonyl (C=O) groups is 2. The van der Waals surface area contributed by atoms with Crippen molar-refractivity contribution in [2.24, 2.45) is 5.92 Å². The number of piperidine rings is 1. The lowest BCUT2D eigenvalue weighted by Gasteiger charge is -2.41. The van der Waals surface area contributed by atoms with Gasteiger partial charge in [-0.3, -0.25) is 14.5 Å². The third-order valence-corrected chi connectivity index (χ3v) is 6.64. The molecule has 0 radical (unpaired) electrons. The zero-order valence-electron chi connectivity index (χ0n) is 19.3. The quantitative estimate of drug-likeness (QED) is 0.646. The molecule has 1 aromatic carbocycles. The van der Waals surface area contributed by atoms with Gasteiger partial charge in [-0.05, 0) is 25.5 Å². The van der Waals surface area contributed by atoms with Gasteiger partial charge < -0.3 is 19.9 Å². The first kappa shape index (κ1) is 23.7. The van der Waals surface area contributed by atoms with E-state index in [0.717, 1.165) is 44.8 Å². The van der Waals surface area contributed by atoms with Gasteiger partial charge in [-0.15, -0.1) is 0 Å². The van der Waals surface area contributed by atoms with Crippen molar-refractivity contribution in [2.45, 2.75) is 32.7 Å². The minimum Gasteiger partial charge on any atom is -0.383 e. The number of aryl methyl sites for hydroxylation is 1. The largest absolute Gasteiger partial charge is 0.383 e. The number of hydrogen-bond donors (Lipinski definition) is 1. The second kappa shape index (κ2) is 11.6. The van der Waals surface area contributed by atoms with Crippen LogP contribution in [0.4, 0.5) is 0 Å². The van der Waals surface area contributed by atoms with Crippen LogP contribution < -0.4 is 5.32 Å². The number of nitrogens with one attached hydrogen (secondary N) is 1. The summed E-state index contributed by atoms with van der Waals surface area (Å²) in [5, 5.41) is 3.16. The maximum absolute atomic E-state index is 13.2. The van der Waals surface area contributed by atoms with Gasteiger partial charge in [0.05, 0.1) is 18.6 Å². The molecule has 2 amide bonds. The van der Waals surface area contributed by atoms with E-state index in [2.05, 4.69) is 22.0 Å². The molecule has 0 saturated carbocycles. The molecule has 2 aliphatic rings. The third-order valence-electron chi connectivity index (χ3n) is 6.64. The number of methoxy groups -OCH3 is 1. The number of likely N-dealkylation sites (N-methyl/N-ethyl adjacent to an activating group) is 1. The molecule has 0 unspecified atom stereocenters. The van der Waals surface area contributed by atoms with Crippen LogP contribution >= 0.6 is 0 Å². The monoisotopic (exact) mass is 430 g/mol. The van der Waals surface area contributed by atoms with Crippen molar-refractivity contribution in [3.05, 3.63) is 35.4 Å². The molecule has 7 nitrogen and oxygen atoms in total. The summed E-state index contributed by atoms with van der Waals surface area (Å²) >= 11 is 0. The number of carbonyl (C=O) groups excluding carboxylic acids is 2. The molecule has 2 aliphatic heterocycles. The summed E-state index contributed by atoms with van der Waals surface area (Å²) in [6.07, 6.45) is 0.991. The predicted molar refractivity (Wildman–Crippen MR) is 122 cm³/mol. The zero-order chi connectivity index (χ0) is 22.2. The molecule has 2 saturated heterocycles. The molecule has 2 fully saturated rings. The predicted octanol–water partition coefficient (Wildman–Crippen LogP) is 1.67. The first-order valence-electron chi connectivity index (χ1n) is 11.6. The van der Waals surface area contributed by atoms with E-state index in [4.69, 9.17) is 4.74 Å². The molecule has 0 aromatic heterocycles. The number of amides is 2. The van der Waals surface area contributed by atoms with Crippen LogP contribution in [0.3, 0.4) is 0 Å². The Labute approximate surface area is 186 Å². The lowest BCUT2D eigenvalue weighted by molar-refractivity contribution is -0.144. The standard InChI is InChI=1S/C24H38N4O3/c1-4-26-13-15-27(16-14-26)12-11-25-24(30)21-9-10-22(29)28(17-18-31-3)23(21)20-7-5-19(2)6-8-20/h5-8,21,23H,4,9-18H2,1-3H3,(H,25,30)/t21-,23-/m1/s1. The van der Waals surface area contributed by atoms with Gasteiger partial charge in [-0.2, -0.15) is 0 Å². The number of ether oxygens (including phenoxy) is 1. The van der Waals surface area contributed by atoms with E-state index in [-0.39, 0.29) is 23.8 Å². The van der Waals surface area contributed by atoms with E-state index in [1.54, 1.807) is 7.11 Å². The molecule has 0 bridgehead atoms. The lowest BCUT2D eigenvalue weighted by Crippen LogP contribution is -2.51. The van der Waals surface area contributed by atoms with Crippen LogP contribution in [0.5, 0.6) is 0 Å². The topological polar surface area (TPSA) is 65.1 Å². The van der Waals surface area contributed by atoms with Crippen LogP contribution in [0, 0.1) is 12.8 Å². The Morgan fingerprint density at radius 2 is 1.77 bits per heavy atom. The summed E-state index contributed by atoms with van der Waals surface area (Å²) < 4.78 is 5.24. The molecule has 31 heavy (non-hydrogen) atoms. The van der Waals surface area contributed by atoms with E-state index in [9.17, 15) is 9.59 Å². The molecule has 3 rings (SSSR count). The average molecular weight is 431 g/mol. The van der Waals surface area contributed by atoms with E-state index >= 15 is 0 Å². The van der Waals surface area contributed by atoms with Crippen LogP contribution in [0.2, 0.25) is 0 Å². The Morgan fingerprint density at radius 3 is 2.42 bits per heavy atom. The maximum Gasteiger partial charge on any atom is 0.225 e. The van der Waals surface area contributed by atoms with Crippen molar-refractivity contribution in [1.82, 2.24) is 20.0 Å². The molecule has 1 aromatic rings. The van der Waals surface area contributed by atoms with Crippen LogP contribution in [0.15, 0.2) is 24.3 Å². The molecule has 0 aliphatic carbocycles.